The summed E-state index contributed by atoms with van der Waals surface area (Å²) < 4.78 is 47.2. The molecule has 0 atom stereocenters. The van der Waals surface area contributed by atoms with Gasteiger partial charge >= 0.3 is 0 Å². The van der Waals surface area contributed by atoms with Gasteiger partial charge in [0, 0.05) is 23.2 Å². The van der Waals surface area contributed by atoms with Gasteiger partial charge in [-0.2, -0.15) is 0 Å². The number of anilines is 1. The highest BCUT2D eigenvalue weighted by Gasteiger charge is 2.25. The van der Waals surface area contributed by atoms with Crippen molar-refractivity contribution < 1.29 is 22.3 Å². The van der Waals surface area contributed by atoms with Crippen LogP contribution in [0.4, 0.5) is 10.1 Å². The molecular weight excluding hydrogens is 431 g/mol. The summed E-state index contributed by atoms with van der Waals surface area (Å²) in [6, 6.07) is 18.6. The van der Waals surface area contributed by atoms with E-state index in [0.29, 0.717) is 17.0 Å². The van der Waals surface area contributed by atoms with Crippen LogP contribution >= 0.6 is 0 Å². The molecule has 0 aliphatic heterocycles. The molecule has 8 heteroatoms. The summed E-state index contributed by atoms with van der Waals surface area (Å²) in [6.07, 6.45) is 0. The summed E-state index contributed by atoms with van der Waals surface area (Å²) in [6.45, 7) is 3.82. The number of hydrogen-bond acceptors (Lipinski definition) is 4. The zero-order valence-corrected chi connectivity index (χ0v) is 18.9. The lowest BCUT2D eigenvalue weighted by molar-refractivity contribution is 0.0945. The zero-order valence-electron chi connectivity index (χ0n) is 18.1. The van der Waals surface area contributed by atoms with Crippen LogP contribution in [0.1, 0.15) is 29.8 Å². The molecule has 168 valence electrons. The zero-order chi connectivity index (χ0) is 23.4. The van der Waals surface area contributed by atoms with E-state index in [0.717, 1.165) is 0 Å². The number of hydrogen-bond donors (Lipinski definition) is 2. The number of methoxy groups -OCH3 is 1. The van der Waals surface area contributed by atoms with Crippen LogP contribution in [0.3, 0.4) is 0 Å². The highest BCUT2D eigenvalue weighted by atomic mass is 32.2. The second-order valence-corrected chi connectivity index (χ2v) is 9.59. The molecule has 0 spiro atoms. The number of halogens is 1. The van der Waals surface area contributed by atoms with E-state index in [-0.39, 0.29) is 22.8 Å². The summed E-state index contributed by atoms with van der Waals surface area (Å²) in [5, 5.41) is 2.77. The lowest BCUT2D eigenvalue weighted by Crippen LogP contribution is -2.37. The van der Waals surface area contributed by atoms with Gasteiger partial charge in [-0.15, -0.1) is 0 Å². The molecule has 2 N–H and O–H groups in total. The summed E-state index contributed by atoms with van der Waals surface area (Å²) in [4.78, 5) is 12.6. The van der Waals surface area contributed by atoms with E-state index in [9.17, 15) is 17.6 Å². The molecule has 0 unspecified atom stereocenters. The molecular formula is C24H25FN2O4S. The molecule has 6 nitrogen and oxygen atoms in total. The molecule has 0 aromatic heterocycles. The van der Waals surface area contributed by atoms with E-state index < -0.39 is 21.3 Å². The molecule has 3 aromatic rings. The first-order valence-corrected chi connectivity index (χ1v) is 11.4. The third kappa shape index (κ3) is 5.45. The van der Waals surface area contributed by atoms with Gasteiger partial charge in [0.1, 0.15) is 11.6 Å². The minimum absolute atomic E-state index is 0.0469. The normalized spacial score (nSPS) is 11.6. The Morgan fingerprint density at radius 2 is 1.69 bits per heavy atom. The van der Waals surface area contributed by atoms with Gasteiger partial charge in [0.15, 0.2) is 0 Å². The SMILES string of the molecule is COc1ccc(NS(=O)(=O)c2cccc(C(=O)NCC(C)(C)c3ccccc3F)c2)cc1. The molecule has 0 saturated carbocycles. The number of carbonyl (C=O) groups is 1. The van der Waals surface area contributed by atoms with Gasteiger partial charge < -0.3 is 10.1 Å². The predicted octanol–water partition coefficient (Wildman–Crippen LogP) is 4.34. The van der Waals surface area contributed by atoms with Crippen molar-refractivity contribution in [2.75, 3.05) is 18.4 Å². The van der Waals surface area contributed by atoms with Crippen LogP contribution in [0.2, 0.25) is 0 Å². The van der Waals surface area contributed by atoms with Crippen LogP contribution in [-0.2, 0) is 15.4 Å². The first-order valence-electron chi connectivity index (χ1n) is 9.92. The summed E-state index contributed by atoms with van der Waals surface area (Å²) >= 11 is 0. The van der Waals surface area contributed by atoms with Crippen molar-refractivity contribution >= 4 is 21.6 Å². The van der Waals surface area contributed by atoms with Crippen molar-refractivity contribution in [2.24, 2.45) is 0 Å². The number of carbonyl (C=O) groups excluding carboxylic acids is 1. The Morgan fingerprint density at radius 3 is 2.34 bits per heavy atom. The molecule has 0 fully saturated rings. The Morgan fingerprint density at radius 1 is 1.00 bits per heavy atom. The summed E-state index contributed by atoms with van der Waals surface area (Å²) in [7, 11) is -2.38. The third-order valence-electron chi connectivity index (χ3n) is 5.04. The molecule has 0 radical (unpaired) electrons. The van der Waals surface area contributed by atoms with Crippen molar-refractivity contribution in [3.8, 4) is 5.75 Å². The molecule has 3 rings (SSSR count). The van der Waals surface area contributed by atoms with E-state index in [2.05, 4.69) is 10.0 Å². The van der Waals surface area contributed by atoms with Crippen molar-refractivity contribution in [3.05, 3.63) is 89.7 Å². The second-order valence-electron chi connectivity index (χ2n) is 7.91. The Bertz CT molecular complexity index is 1210. The van der Waals surface area contributed by atoms with Crippen LogP contribution in [0, 0.1) is 5.82 Å². The molecule has 0 bridgehead atoms. The fourth-order valence-corrected chi connectivity index (χ4v) is 4.29. The highest BCUT2D eigenvalue weighted by Crippen LogP contribution is 2.25. The highest BCUT2D eigenvalue weighted by molar-refractivity contribution is 7.92. The molecule has 3 aromatic carbocycles. The maximum Gasteiger partial charge on any atom is 0.261 e. The van der Waals surface area contributed by atoms with Crippen LogP contribution < -0.4 is 14.8 Å². The predicted molar refractivity (Wildman–Crippen MR) is 122 cm³/mol. The second kappa shape index (κ2) is 9.40. The Hall–Kier alpha value is -3.39. The quantitative estimate of drug-likeness (QED) is 0.528. The molecule has 1 amide bonds. The number of nitrogens with one attached hydrogen (secondary N) is 2. The molecule has 0 aliphatic carbocycles. The number of benzene rings is 3. The Labute approximate surface area is 187 Å². The molecule has 32 heavy (non-hydrogen) atoms. The summed E-state index contributed by atoms with van der Waals surface area (Å²) in [5.74, 6) is -0.190. The Balaban J connectivity index is 1.73. The van der Waals surface area contributed by atoms with Crippen LogP contribution in [0.25, 0.3) is 0 Å². The van der Waals surface area contributed by atoms with E-state index >= 15 is 0 Å². The maximum atomic E-state index is 14.1. The van der Waals surface area contributed by atoms with Gasteiger partial charge in [0.25, 0.3) is 15.9 Å². The molecule has 0 heterocycles. The third-order valence-corrected chi connectivity index (χ3v) is 6.42. The van der Waals surface area contributed by atoms with Crippen molar-refractivity contribution in [3.63, 3.8) is 0 Å². The van der Waals surface area contributed by atoms with Gasteiger partial charge in [0.2, 0.25) is 0 Å². The van der Waals surface area contributed by atoms with Crippen LogP contribution in [0.5, 0.6) is 5.75 Å². The van der Waals surface area contributed by atoms with Gasteiger partial charge in [-0.25, -0.2) is 12.8 Å². The van der Waals surface area contributed by atoms with E-state index in [1.54, 1.807) is 42.5 Å². The van der Waals surface area contributed by atoms with Crippen molar-refractivity contribution in [2.45, 2.75) is 24.2 Å². The van der Waals surface area contributed by atoms with Gasteiger partial charge in [-0.05, 0) is 54.1 Å². The van der Waals surface area contributed by atoms with E-state index in [1.807, 2.05) is 13.8 Å². The van der Waals surface area contributed by atoms with Gasteiger partial charge in [-0.1, -0.05) is 38.1 Å². The van der Waals surface area contributed by atoms with Crippen molar-refractivity contribution in [1.29, 1.82) is 0 Å². The topological polar surface area (TPSA) is 84.5 Å². The number of sulfonamides is 1. The minimum Gasteiger partial charge on any atom is -0.497 e. The fourth-order valence-electron chi connectivity index (χ4n) is 3.19. The largest absolute Gasteiger partial charge is 0.497 e. The maximum absolute atomic E-state index is 14.1. The standard InChI is InChI=1S/C24H25FN2O4S/c1-24(2,21-9-4-5-10-22(21)25)16-26-23(28)17-7-6-8-20(15-17)32(29,30)27-18-11-13-19(31-3)14-12-18/h4-15,27H,16H2,1-3H3,(H,26,28). The fraction of sp³-hybridized carbons (Fsp3) is 0.208. The van der Waals surface area contributed by atoms with Crippen LogP contribution in [0.15, 0.2) is 77.7 Å². The van der Waals surface area contributed by atoms with E-state index in [4.69, 9.17) is 4.74 Å². The lowest BCUT2D eigenvalue weighted by Gasteiger charge is -2.26. The molecule has 0 aliphatic rings. The summed E-state index contributed by atoms with van der Waals surface area (Å²) in [5.41, 5.74) is 0.389. The first kappa shape index (κ1) is 23.3. The average molecular weight is 457 g/mol. The van der Waals surface area contributed by atoms with Gasteiger partial charge in [0.05, 0.1) is 12.0 Å². The van der Waals surface area contributed by atoms with Crippen LogP contribution in [-0.4, -0.2) is 28.0 Å². The number of rotatable bonds is 8. The Kier molecular flexibility index (Phi) is 6.84. The lowest BCUT2D eigenvalue weighted by atomic mass is 9.84. The molecule has 0 saturated heterocycles. The van der Waals surface area contributed by atoms with Crippen molar-refractivity contribution in [1.82, 2.24) is 5.32 Å². The smallest absolute Gasteiger partial charge is 0.261 e. The van der Waals surface area contributed by atoms with Gasteiger partial charge in [-0.3, -0.25) is 9.52 Å². The minimum atomic E-state index is -3.90. The van der Waals surface area contributed by atoms with E-state index in [1.165, 1.54) is 37.4 Å². The first-order chi connectivity index (χ1) is 15.1. The average Bonchev–Trinajstić information content (AvgIpc) is 2.78. The monoisotopic (exact) mass is 456 g/mol. The number of ether oxygens (including phenoxy) is 1. The number of amides is 1.